The summed E-state index contributed by atoms with van der Waals surface area (Å²) < 4.78 is 6.17. The molecule has 0 saturated heterocycles. The van der Waals surface area contributed by atoms with Crippen molar-refractivity contribution in [2.24, 2.45) is 0 Å². The summed E-state index contributed by atoms with van der Waals surface area (Å²) in [6.07, 6.45) is 0. The highest BCUT2D eigenvalue weighted by molar-refractivity contribution is 5.87. The molecule has 1 amide bonds. The van der Waals surface area contributed by atoms with Gasteiger partial charge in [0.15, 0.2) is 5.69 Å². The van der Waals surface area contributed by atoms with Gasteiger partial charge < -0.3 is 15.2 Å². The van der Waals surface area contributed by atoms with E-state index in [2.05, 4.69) is 15.6 Å². The van der Waals surface area contributed by atoms with Crippen LogP contribution in [-0.4, -0.2) is 45.6 Å². The van der Waals surface area contributed by atoms with Crippen molar-refractivity contribution >= 4 is 11.9 Å². The fraction of sp³-hybridized carbons (Fsp3) is 0.600. The number of carboxylic acid groups (broad SMARTS) is 1. The van der Waals surface area contributed by atoms with Crippen LogP contribution in [0.5, 0.6) is 0 Å². The number of carboxylic acids is 1. The van der Waals surface area contributed by atoms with Crippen LogP contribution in [0, 0.1) is 0 Å². The number of hydrogen-bond acceptors (Lipinski definition) is 5. The molecule has 0 aliphatic heterocycles. The predicted octanol–water partition coefficient (Wildman–Crippen LogP) is -0.180. The lowest BCUT2D eigenvalue weighted by Gasteiger charge is -2.13. The SMILES string of the molecule is CCNC(=O)C(C)n1nnc(C(=O)O)c1COC. The van der Waals surface area contributed by atoms with Gasteiger partial charge in [0.25, 0.3) is 0 Å². The zero-order valence-electron chi connectivity index (χ0n) is 10.5. The van der Waals surface area contributed by atoms with E-state index in [4.69, 9.17) is 9.84 Å². The lowest BCUT2D eigenvalue weighted by molar-refractivity contribution is -0.124. The summed E-state index contributed by atoms with van der Waals surface area (Å²) >= 11 is 0. The first-order valence-electron chi connectivity index (χ1n) is 5.46. The maximum atomic E-state index is 11.7. The van der Waals surface area contributed by atoms with Gasteiger partial charge in [-0.1, -0.05) is 5.21 Å². The zero-order valence-corrected chi connectivity index (χ0v) is 10.5. The number of rotatable bonds is 6. The van der Waals surface area contributed by atoms with Crippen molar-refractivity contribution in [3.8, 4) is 0 Å². The van der Waals surface area contributed by atoms with E-state index in [-0.39, 0.29) is 23.9 Å². The zero-order chi connectivity index (χ0) is 13.7. The predicted molar refractivity (Wildman–Crippen MR) is 61.1 cm³/mol. The van der Waals surface area contributed by atoms with Gasteiger partial charge in [0, 0.05) is 13.7 Å². The molecule has 1 unspecified atom stereocenters. The Balaban J connectivity index is 3.08. The molecule has 8 nitrogen and oxygen atoms in total. The Kier molecular flexibility index (Phi) is 4.78. The number of ether oxygens (including phenoxy) is 1. The number of nitrogens with zero attached hydrogens (tertiary/aromatic N) is 3. The van der Waals surface area contributed by atoms with Crippen LogP contribution in [0.4, 0.5) is 0 Å². The molecule has 100 valence electrons. The van der Waals surface area contributed by atoms with Crippen LogP contribution in [0.1, 0.15) is 36.1 Å². The smallest absolute Gasteiger partial charge is 0.358 e. The summed E-state index contributed by atoms with van der Waals surface area (Å²) in [6.45, 7) is 3.93. The van der Waals surface area contributed by atoms with E-state index in [1.165, 1.54) is 11.8 Å². The molecule has 0 bridgehead atoms. The number of aromatic nitrogens is 3. The van der Waals surface area contributed by atoms with Gasteiger partial charge in [-0.2, -0.15) is 0 Å². The Hall–Kier alpha value is -1.96. The Bertz CT molecular complexity index is 443. The number of nitrogens with one attached hydrogen (secondary N) is 1. The average Bonchev–Trinajstić information content (AvgIpc) is 2.72. The molecule has 0 aliphatic carbocycles. The van der Waals surface area contributed by atoms with Gasteiger partial charge >= 0.3 is 5.97 Å². The highest BCUT2D eigenvalue weighted by Crippen LogP contribution is 2.13. The van der Waals surface area contributed by atoms with Crippen molar-refractivity contribution in [2.45, 2.75) is 26.5 Å². The molecule has 1 heterocycles. The number of methoxy groups -OCH3 is 1. The summed E-state index contributed by atoms with van der Waals surface area (Å²) in [5, 5.41) is 18.8. The third kappa shape index (κ3) is 2.83. The number of carbonyl (C=O) groups is 2. The average molecular weight is 256 g/mol. The van der Waals surface area contributed by atoms with Crippen LogP contribution in [0.3, 0.4) is 0 Å². The van der Waals surface area contributed by atoms with Crippen molar-refractivity contribution < 1.29 is 19.4 Å². The van der Waals surface area contributed by atoms with Crippen molar-refractivity contribution in [1.82, 2.24) is 20.3 Å². The molecule has 0 aliphatic rings. The van der Waals surface area contributed by atoms with E-state index < -0.39 is 12.0 Å². The third-order valence-corrected chi connectivity index (χ3v) is 2.37. The van der Waals surface area contributed by atoms with Crippen molar-refractivity contribution in [3.05, 3.63) is 11.4 Å². The molecule has 1 atom stereocenters. The lowest BCUT2D eigenvalue weighted by Crippen LogP contribution is -2.32. The second kappa shape index (κ2) is 6.10. The summed E-state index contributed by atoms with van der Waals surface area (Å²) in [4.78, 5) is 22.6. The van der Waals surface area contributed by atoms with Gasteiger partial charge in [0.2, 0.25) is 5.91 Å². The van der Waals surface area contributed by atoms with Crippen LogP contribution in [0.2, 0.25) is 0 Å². The molecule has 2 N–H and O–H groups in total. The van der Waals surface area contributed by atoms with Gasteiger partial charge in [-0.3, -0.25) is 4.79 Å². The minimum Gasteiger partial charge on any atom is -0.476 e. The van der Waals surface area contributed by atoms with E-state index in [0.717, 1.165) is 0 Å². The minimum absolute atomic E-state index is 0.0262. The lowest BCUT2D eigenvalue weighted by atomic mass is 10.2. The molecule has 0 saturated carbocycles. The number of hydrogen-bond donors (Lipinski definition) is 2. The number of amides is 1. The first-order chi connectivity index (χ1) is 8.52. The van der Waals surface area contributed by atoms with Crippen LogP contribution in [0.15, 0.2) is 0 Å². The topological polar surface area (TPSA) is 106 Å². The Morgan fingerprint density at radius 3 is 2.72 bits per heavy atom. The van der Waals surface area contributed by atoms with Crippen molar-refractivity contribution in [2.75, 3.05) is 13.7 Å². The van der Waals surface area contributed by atoms with E-state index in [1.54, 1.807) is 13.8 Å². The Morgan fingerprint density at radius 1 is 1.56 bits per heavy atom. The van der Waals surface area contributed by atoms with E-state index in [1.807, 2.05) is 0 Å². The van der Waals surface area contributed by atoms with E-state index in [9.17, 15) is 9.59 Å². The first kappa shape index (κ1) is 14.1. The fourth-order valence-electron chi connectivity index (χ4n) is 1.49. The van der Waals surface area contributed by atoms with Crippen LogP contribution < -0.4 is 5.32 Å². The van der Waals surface area contributed by atoms with Gasteiger partial charge in [-0.25, -0.2) is 9.48 Å². The molecule has 8 heteroatoms. The molecule has 1 rings (SSSR count). The molecule has 0 fully saturated rings. The highest BCUT2D eigenvalue weighted by Gasteiger charge is 2.24. The first-order valence-corrected chi connectivity index (χ1v) is 5.46. The van der Waals surface area contributed by atoms with Gasteiger partial charge in [0.1, 0.15) is 11.7 Å². The monoisotopic (exact) mass is 256 g/mol. The quantitative estimate of drug-likeness (QED) is 0.731. The molecule has 0 radical (unpaired) electrons. The summed E-state index contributed by atoms with van der Waals surface area (Å²) in [5.74, 6) is -1.45. The van der Waals surface area contributed by atoms with Crippen LogP contribution in [-0.2, 0) is 16.1 Å². The van der Waals surface area contributed by atoms with Gasteiger partial charge in [-0.15, -0.1) is 5.10 Å². The number of carbonyl (C=O) groups excluding carboxylic acids is 1. The van der Waals surface area contributed by atoms with E-state index >= 15 is 0 Å². The molecule has 0 aromatic carbocycles. The fourth-order valence-corrected chi connectivity index (χ4v) is 1.49. The second-order valence-corrected chi connectivity index (χ2v) is 3.64. The summed E-state index contributed by atoms with van der Waals surface area (Å²) in [5.41, 5.74) is 0.0664. The van der Waals surface area contributed by atoms with Gasteiger partial charge in [0.05, 0.1) is 6.61 Å². The van der Waals surface area contributed by atoms with Crippen LogP contribution in [0.25, 0.3) is 0 Å². The second-order valence-electron chi connectivity index (χ2n) is 3.64. The largest absolute Gasteiger partial charge is 0.476 e. The Labute approximate surface area is 104 Å². The maximum absolute atomic E-state index is 11.7. The van der Waals surface area contributed by atoms with Crippen LogP contribution >= 0.6 is 0 Å². The number of aromatic carboxylic acids is 1. The standard InChI is InChI=1S/C10H16N4O4/c1-4-11-9(15)6(2)14-7(5-18-3)8(10(16)17)12-13-14/h6H,4-5H2,1-3H3,(H,11,15)(H,16,17). The highest BCUT2D eigenvalue weighted by atomic mass is 16.5. The van der Waals surface area contributed by atoms with Crippen molar-refractivity contribution in [3.63, 3.8) is 0 Å². The summed E-state index contributed by atoms with van der Waals surface area (Å²) in [7, 11) is 1.43. The normalized spacial score (nSPS) is 12.2. The number of likely N-dealkylation sites (N-methyl/N-ethyl adjacent to an activating group) is 1. The molecule has 1 aromatic rings. The van der Waals surface area contributed by atoms with Gasteiger partial charge in [-0.05, 0) is 13.8 Å². The molecular weight excluding hydrogens is 240 g/mol. The third-order valence-electron chi connectivity index (χ3n) is 2.37. The van der Waals surface area contributed by atoms with Crippen molar-refractivity contribution in [1.29, 1.82) is 0 Å². The summed E-state index contributed by atoms with van der Waals surface area (Å²) in [6, 6.07) is -0.643. The van der Waals surface area contributed by atoms with E-state index in [0.29, 0.717) is 6.54 Å². The Morgan fingerprint density at radius 2 is 2.22 bits per heavy atom. The molecule has 0 spiro atoms. The molecule has 1 aromatic heterocycles. The molecule has 18 heavy (non-hydrogen) atoms. The maximum Gasteiger partial charge on any atom is 0.358 e. The molecular formula is C10H16N4O4. The minimum atomic E-state index is -1.20.